The topological polar surface area (TPSA) is 0 Å². The van der Waals surface area contributed by atoms with Crippen molar-refractivity contribution in [3.05, 3.63) is 0 Å². The molecule has 0 heteroatoms. The second-order valence-corrected chi connectivity index (χ2v) is 4.35. The fraction of sp³-hybridized carbons (Fsp3) is 1.00. The molecule has 0 radical (unpaired) electrons. The van der Waals surface area contributed by atoms with Gasteiger partial charge in [0, 0.05) is 0 Å². The molecule has 0 bridgehead atoms. The molecule has 13 heavy (non-hydrogen) atoms. The van der Waals surface area contributed by atoms with Crippen molar-refractivity contribution < 1.29 is 0 Å². The zero-order chi connectivity index (χ0) is 10.9. The maximum atomic E-state index is 2.39. The van der Waals surface area contributed by atoms with E-state index < -0.39 is 0 Å². The van der Waals surface area contributed by atoms with Gasteiger partial charge < -0.3 is 0 Å². The molecule has 82 valence electrons. The van der Waals surface area contributed by atoms with E-state index in [1.54, 1.807) is 0 Å². The van der Waals surface area contributed by atoms with Crippen LogP contribution in [0.2, 0.25) is 0 Å². The third kappa shape index (κ3) is 8.33. The molecule has 0 saturated heterocycles. The first-order valence-electron chi connectivity index (χ1n) is 6.10. The van der Waals surface area contributed by atoms with Crippen molar-refractivity contribution in [2.24, 2.45) is 11.3 Å². The van der Waals surface area contributed by atoms with Gasteiger partial charge >= 0.3 is 0 Å². The molecular formula is C13H30. The summed E-state index contributed by atoms with van der Waals surface area (Å²) in [4.78, 5) is 0. The molecule has 1 saturated carbocycles. The highest BCUT2D eigenvalue weighted by molar-refractivity contribution is 4.76. The van der Waals surface area contributed by atoms with E-state index in [2.05, 4.69) is 20.8 Å². The van der Waals surface area contributed by atoms with Crippen molar-refractivity contribution in [1.29, 1.82) is 0 Å². The minimum atomic E-state index is 0.659. The Morgan fingerprint density at radius 1 is 0.846 bits per heavy atom. The lowest BCUT2D eigenvalue weighted by Gasteiger charge is -2.32. The van der Waals surface area contributed by atoms with E-state index in [0.717, 1.165) is 5.92 Å². The van der Waals surface area contributed by atoms with E-state index in [0.29, 0.717) is 5.41 Å². The molecule has 0 atom stereocenters. The van der Waals surface area contributed by atoms with Gasteiger partial charge in [0.05, 0.1) is 0 Å². The highest BCUT2D eigenvalue weighted by atomic mass is 14.3. The van der Waals surface area contributed by atoms with Crippen LogP contribution < -0.4 is 0 Å². The van der Waals surface area contributed by atoms with E-state index in [1.165, 1.54) is 25.7 Å². The van der Waals surface area contributed by atoms with E-state index in [9.17, 15) is 0 Å². The maximum absolute atomic E-state index is 2.39. The standard InChI is InChI=1S/C9H18.2C2H6/c1-8-4-6-9(2,3)7-5-8;2*1-2/h8H,4-7H2,1-3H3;2*1-2H3. The van der Waals surface area contributed by atoms with Crippen molar-refractivity contribution in [3.63, 3.8) is 0 Å². The summed E-state index contributed by atoms with van der Waals surface area (Å²) in [7, 11) is 0. The van der Waals surface area contributed by atoms with Crippen molar-refractivity contribution in [3.8, 4) is 0 Å². The molecule has 0 nitrogen and oxygen atoms in total. The van der Waals surface area contributed by atoms with Crippen LogP contribution in [-0.2, 0) is 0 Å². The average molecular weight is 186 g/mol. The van der Waals surface area contributed by atoms with Crippen molar-refractivity contribution >= 4 is 0 Å². The van der Waals surface area contributed by atoms with Gasteiger partial charge in [-0.05, 0) is 24.2 Å². The summed E-state index contributed by atoms with van der Waals surface area (Å²) in [5.74, 6) is 0.998. The SMILES string of the molecule is CC.CC.CC1CCC(C)(C)CC1. The summed E-state index contributed by atoms with van der Waals surface area (Å²) in [5, 5.41) is 0. The van der Waals surface area contributed by atoms with Crippen LogP contribution in [0.5, 0.6) is 0 Å². The van der Waals surface area contributed by atoms with Crippen LogP contribution in [0.3, 0.4) is 0 Å². The molecule has 0 amide bonds. The molecule has 1 rings (SSSR count). The lowest BCUT2D eigenvalue weighted by Crippen LogP contribution is -2.19. The van der Waals surface area contributed by atoms with Gasteiger partial charge in [0.2, 0.25) is 0 Å². The molecule has 0 spiro atoms. The lowest BCUT2D eigenvalue weighted by molar-refractivity contribution is 0.201. The first kappa shape index (κ1) is 15.5. The molecule has 0 heterocycles. The van der Waals surface area contributed by atoms with Crippen molar-refractivity contribution in [1.82, 2.24) is 0 Å². The first-order valence-corrected chi connectivity index (χ1v) is 6.10. The summed E-state index contributed by atoms with van der Waals surface area (Å²) in [6.45, 7) is 15.1. The van der Waals surface area contributed by atoms with Gasteiger partial charge in [-0.2, -0.15) is 0 Å². The molecule has 1 aliphatic rings. The van der Waals surface area contributed by atoms with Gasteiger partial charge in [-0.15, -0.1) is 0 Å². The van der Waals surface area contributed by atoms with Crippen LogP contribution in [0.1, 0.15) is 74.1 Å². The van der Waals surface area contributed by atoms with Crippen molar-refractivity contribution in [2.45, 2.75) is 74.1 Å². The molecule has 1 fully saturated rings. The lowest BCUT2D eigenvalue weighted by atomic mass is 9.74. The van der Waals surface area contributed by atoms with Crippen LogP contribution in [0.15, 0.2) is 0 Å². The summed E-state index contributed by atoms with van der Waals surface area (Å²) in [6, 6.07) is 0. The van der Waals surface area contributed by atoms with E-state index in [-0.39, 0.29) is 0 Å². The fourth-order valence-corrected chi connectivity index (χ4v) is 1.54. The molecule has 0 aromatic heterocycles. The third-order valence-electron chi connectivity index (χ3n) is 2.63. The highest BCUT2D eigenvalue weighted by Crippen LogP contribution is 2.37. The van der Waals surface area contributed by atoms with Crippen LogP contribution in [0.4, 0.5) is 0 Å². The van der Waals surface area contributed by atoms with Gasteiger partial charge in [0.15, 0.2) is 0 Å². The van der Waals surface area contributed by atoms with Crippen LogP contribution in [0.25, 0.3) is 0 Å². The molecule has 0 N–H and O–H groups in total. The minimum Gasteiger partial charge on any atom is -0.0683 e. The fourth-order valence-electron chi connectivity index (χ4n) is 1.54. The average Bonchev–Trinajstić information content (AvgIpc) is 2.17. The monoisotopic (exact) mass is 186 g/mol. The Bertz CT molecular complexity index is 82.2. The second-order valence-electron chi connectivity index (χ2n) is 4.35. The smallest absolute Gasteiger partial charge is 0.0354 e. The minimum absolute atomic E-state index is 0.659. The highest BCUT2D eigenvalue weighted by Gasteiger charge is 2.23. The van der Waals surface area contributed by atoms with Gasteiger partial charge in [0.25, 0.3) is 0 Å². The summed E-state index contributed by atoms with van der Waals surface area (Å²) < 4.78 is 0. The Balaban J connectivity index is 0. The summed E-state index contributed by atoms with van der Waals surface area (Å²) >= 11 is 0. The zero-order valence-electron chi connectivity index (χ0n) is 10.9. The Hall–Kier alpha value is 0. The van der Waals surface area contributed by atoms with Gasteiger partial charge in [-0.3, -0.25) is 0 Å². The summed E-state index contributed by atoms with van der Waals surface area (Å²) in [5.41, 5.74) is 0.659. The van der Waals surface area contributed by atoms with Gasteiger partial charge in [0.1, 0.15) is 0 Å². The van der Waals surface area contributed by atoms with E-state index >= 15 is 0 Å². The Morgan fingerprint density at radius 3 is 1.38 bits per heavy atom. The second kappa shape index (κ2) is 8.59. The van der Waals surface area contributed by atoms with E-state index in [1.807, 2.05) is 27.7 Å². The van der Waals surface area contributed by atoms with Gasteiger partial charge in [-0.1, -0.05) is 61.3 Å². The maximum Gasteiger partial charge on any atom is -0.0354 e. The third-order valence-corrected chi connectivity index (χ3v) is 2.63. The van der Waals surface area contributed by atoms with E-state index in [4.69, 9.17) is 0 Å². The van der Waals surface area contributed by atoms with Crippen molar-refractivity contribution in [2.75, 3.05) is 0 Å². The number of rotatable bonds is 0. The van der Waals surface area contributed by atoms with Crippen LogP contribution in [0, 0.1) is 11.3 Å². The molecule has 0 aliphatic heterocycles. The van der Waals surface area contributed by atoms with Crippen LogP contribution in [-0.4, -0.2) is 0 Å². The molecule has 0 aromatic rings. The molecule has 0 unspecified atom stereocenters. The zero-order valence-corrected chi connectivity index (χ0v) is 10.9. The van der Waals surface area contributed by atoms with Gasteiger partial charge in [-0.25, -0.2) is 0 Å². The number of hydrogen-bond donors (Lipinski definition) is 0. The normalized spacial score (nSPS) is 20.5. The largest absolute Gasteiger partial charge is 0.0683 e. The Morgan fingerprint density at radius 2 is 1.15 bits per heavy atom. The Kier molecular flexibility index (Phi) is 10.2. The first-order chi connectivity index (χ1) is 6.10. The number of hydrogen-bond acceptors (Lipinski definition) is 0. The quantitative estimate of drug-likeness (QED) is 0.483. The summed E-state index contributed by atoms with van der Waals surface area (Å²) in [6.07, 6.45) is 5.78. The Labute approximate surface area is 86.1 Å². The predicted molar refractivity (Wildman–Crippen MR) is 64.1 cm³/mol. The van der Waals surface area contributed by atoms with Crippen LogP contribution >= 0.6 is 0 Å². The molecule has 0 aromatic carbocycles. The molecular weight excluding hydrogens is 156 g/mol. The predicted octanol–water partition coefficient (Wildman–Crippen LogP) is 5.28. The molecule has 1 aliphatic carbocycles.